The second-order valence-corrected chi connectivity index (χ2v) is 6.42. The maximum absolute atomic E-state index is 4.37. The highest BCUT2D eigenvalue weighted by Crippen LogP contribution is 2.40. The Morgan fingerprint density at radius 3 is 2.74 bits per heavy atom. The highest BCUT2D eigenvalue weighted by atomic mass is 15.3. The molecule has 1 aromatic heterocycles. The van der Waals surface area contributed by atoms with E-state index in [1.54, 1.807) is 6.33 Å². The first-order valence-electron chi connectivity index (χ1n) is 7.72. The molecule has 108 valence electrons. The van der Waals surface area contributed by atoms with Gasteiger partial charge >= 0.3 is 0 Å². The summed E-state index contributed by atoms with van der Waals surface area (Å²) in [4.78, 5) is 4.37. The molecular weight excluding hydrogens is 236 g/mol. The van der Waals surface area contributed by atoms with Crippen LogP contribution in [0.3, 0.4) is 0 Å². The number of rotatable bonds is 7. The molecule has 0 bridgehead atoms. The summed E-state index contributed by atoms with van der Waals surface area (Å²) in [5.74, 6) is 1.68. The SMILES string of the molecule is CCC1(CNCc2ncnn2CC(C)C)CCCC1. The molecule has 0 aromatic carbocycles. The average molecular weight is 264 g/mol. The Morgan fingerprint density at radius 1 is 1.37 bits per heavy atom. The third-order valence-corrected chi connectivity index (χ3v) is 4.43. The normalized spacial score (nSPS) is 18.3. The largest absolute Gasteiger partial charge is 0.309 e. The monoisotopic (exact) mass is 264 g/mol. The van der Waals surface area contributed by atoms with E-state index in [-0.39, 0.29) is 0 Å². The Bertz CT molecular complexity index is 377. The van der Waals surface area contributed by atoms with Crippen molar-refractivity contribution in [2.45, 2.75) is 66.0 Å². The molecule has 1 aromatic rings. The molecule has 1 N–H and O–H groups in total. The molecule has 2 rings (SSSR count). The Balaban J connectivity index is 1.83. The minimum atomic E-state index is 0.545. The predicted octanol–water partition coefficient (Wildman–Crippen LogP) is 2.99. The van der Waals surface area contributed by atoms with Gasteiger partial charge in [-0.05, 0) is 30.6 Å². The third kappa shape index (κ3) is 3.78. The minimum absolute atomic E-state index is 0.545. The molecule has 0 atom stereocenters. The van der Waals surface area contributed by atoms with Crippen LogP contribution >= 0.6 is 0 Å². The van der Waals surface area contributed by atoms with Crippen molar-refractivity contribution in [1.82, 2.24) is 20.1 Å². The summed E-state index contributed by atoms with van der Waals surface area (Å²) < 4.78 is 2.03. The number of nitrogens with one attached hydrogen (secondary N) is 1. The van der Waals surface area contributed by atoms with Crippen LogP contribution in [0.25, 0.3) is 0 Å². The molecule has 1 saturated carbocycles. The summed E-state index contributed by atoms with van der Waals surface area (Å²) in [7, 11) is 0. The Kier molecular flexibility index (Phi) is 4.97. The van der Waals surface area contributed by atoms with Crippen LogP contribution in [0.2, 0.25) is 0 Å². The van der Waals surface area contributed by atoms with Gasteiger partial charge in [0.15, 0.2) is 0 Å². The van der Waals surface area contributed by atoms with Crippen molar-refractivity contribution < 1.29 is 0 Å². The third-order valence-electron chi connectivity index (χ3n) is 4.43. The van der Waals surface area contributed by atoms with E-state index < -0.39 is 0 Å². The van der Waals surface area contributed by atoms with Crippen LogP contribution < -0.4 is 5.32 Å². The van der Waals surface area contributed by atoms with Gasteiger partial charge in [0, 0.05) is 13.1 Å². The standard InChI is InChI=1S/C15H28N4/c1-4-15(7-5-6-8-15)11-16-9-14-17-12-18-19(14)10-13(2)3/h12-13,16H,4-11H2,1-3H3. The summed E-state index contributed by atoms with van der Waals surface area (Å²) in [5, 5.41) is 7.92. The lowest BCUT2D eigenvalue weighted by atomic mass is 9.83. The molecule has 19 heavy (non-hydrogen) atoms. The molecule has 4 nitrogen and oxygen atoms in total. The maximum atomic E-state index is 4.37. The fraction of sp³-hybridized carbons (Fsp3) is 0.867. The smallest absolute Gasteiger partial charge is 0.140 e. The van der Waals surface area contributed by atoms with Crippen molar-refractivity contribution in [1.29, 1.82) is 0 Å². The first-order chi connectivity index (χ1) is 9.15. The highest BCUT2D eigenvalue weighted by Gasteiger charge is 2.31. The topological polar surface area (TPSA) is 42.7 Å². The number of hydrogen-bond acceptors (Lipinski definition) is 3. The summed E-state index contributed by atoms with van der Waals surface area (Å²) in [6, 6.07) is 0. The second-order valence-electron chi connectivity index (χ2n) is 6.42. The molecule has 1 aliphatic carbocycles. The predicted molar refractivity (Wildman–Crippen MR) is 77.8 cm³/mol. The minimum Gasteiger partial charge on any atom is -0.309 e. The molecule has 0 aliphatic heterocycles. The van der Waals surface area contributed by atoms with Crippen molar-refractivity contribution >= 4 is 0 Å². The zero-order chi connectivity index (χ0) is 13.7. The van der Waals surface area contributed by atoms with E-state index in [1.165, 1.54) is 32.1 Å². The molecule has 1 heterocycles. The van der Waals surface area contributed by atoms with Gasteiger partial charge in [-0.25, -0.2) is 9.67 Å². The van der Waals surface area contributed by atoms with Crippen molar-refractivity contribution in [2.75, 3.05) is 6.54 Å². The van der Waals surface area contributed by atoms with Gasteiger partial charge in [-0.15, -0.1) is 0 Å². The fourth-order valence-corrected chi connectivity index (χ4v) is 3.14. The van der Waals surface area contributed by atoms with Gasteiger partial charge in [-0.2, -0.15) is 5.10 Å². The van der Waals surface area contributed by atoms with E-state index in [9.17, 15) is 0 Å². The number of hydrogen-bond donors (Lipinski definition) is 1. The first kappa shape index (κ1) is 14.5. The van der Waals surface area contributed by atoms with E-state index in [0.29, 0.717) is 11.3 Å². The molecule has 4 heteroatoms. The Labute approximate surface area is 117 Å². The zero-order valence-electron chi connectivity index (χ0n) is 12.7. The average Bonchev–Trinajstić information content (AvgIpc) is 3.00. The lowest BCUT2D eigenvalue weighted by molar-refractivity contribution is 0.266. The Morgan fingerprint density at radius 2 is 2.11 bits per heavy atom. The van der Waals surface area contributed by atoms with E-state index >= 15 is 0 Å². The van der Waals surface area contributed by atoms with Gasteiger partial charge in [-0.3, -0.25) is 0 Å². The Hall–Kier alpha value is -0.900. The lowest BCUT2D eigenvalue weighted by Crippen LogP contribution is -2.32. The van der Waals surface area contributed by atoms with Crippen LogP contribution in [0.4, 0.5) is 0 Å². The van der Waals surface area contributed by atoms with Crippen molar-refractivity contribution in [3.05, 3.63) is 12.2 Å². The summed E-state index contributed by atoms with van der Waals surface area (Å²) >= 11 is 0. The number of aromatic nitrogens is 3. The van der Waals surface area contributed by atoms with Crippen molar-refractivity contribution in [2.24, 2.45) is 11.3 Å². The molecule has 0 spiro atoms. The quantitative estimate of drug-likeness (QED) is 0.823. The van der Waals surface area contributed by atoms with Gasteiger partial charge in [0.05, 0.1) is 6.54 Å². The van der Waals surface area contributed by atoms with Crippen molar-refractivity contribution in [3.8, 4) is 0 Å². The van der Waals surface area contributed by atoms with Crippen LogP contribution in [0, 0.1) is 11.3 Å². The fourth-order valence-electron chi connectivity index (χ4n) is 3.14. The number of nitrogens with zero attached hydrogens (tertiary/aromatic N) is 3. The van der Waals surface area contributed by atoms with E-state index in [0.717, 1.165) is 25.5 Å². The molecule has 0 saturated heterocycles. The van der Waals surface area contributed by atoms with Gasteiger partial charge < -0.3 is 5.32 Å². The second kappa shape index (κ2) is 6.51. The first-order valence-corrected chi connectivity index (χ1v) is 7.72. The van der Waals surface area contributed by atoms with Crippen LogP contribution in [-0.2, 0) is 13.1 Å². The van der Waals surface area contributed by atoms with Crippen LogP contribution in [0.1, 0.15) is 58.7 Å². The summed E-state index contributed by atoms with van der Waals surface area (Å²) in [6.45, 7) is 9.67. The van der Waals surface area contributed by atoms with E-state index in [4.69, 9.17) is 0 Å². The molecule has 0 amide bonds. The van der Waals surface area contributed by atoms with Crippen LogP contribution in [0.5, 0.6) is 0 Å². The molecule has 1 fully saturated rings. The van der Waals surface area contributed by atoms with Gasteiger partial charge in [0.25, 0.3) is 0 Å². The zero-order valence-corrected chi connectivity index (χ0v) is 12.7. The van der Waals surface area contributed by atoms with Gasteiger partial charge in [-0.1, -0.05) is 33.6 Å². The highest BCUT2D eigenvalue weighted by molar-refractivity contribution is 4.88. The maximum Gasteiger partial charge on any atom is 0.140 e. The van der Waals surface area contributed by atoms with Crippen LogP contribution in [-0.4, -0.2) is 21.3 Å². The van der Waals surface area contributed by atoms with Gasteiger partial charge in [0.2, 0.25) is 0 Å². The summed E-state index contributed by atoms with van der Waals surface area (Å²) in [5.41, 5.74) is 0.545. The lowest BCUT2D eigenvalue weighted by Gasteiger charge is -2.27. The molecular formula is C15H28N4. The van der Waals surface area contributed by atoms with Gasteiger partial charge in [0.1, 0.15) is 12.2 Å². The van der Waals surface area contributed by atoms with Crippen molar-refractivity contribution in [3.63, 3.8) is 0 Å². The summed E-state index contributed by atoms with van der Waals surface area (Å²) in [6.07, 6.45) is 8.53. The molecule has 0 unspecified atom stereocenters. The molecule has 1 aliphatic rings. The molecule has 0 radical (unpaired) electrons. The van der Waals surface area contributed by atoms with E-state index in [2.05, 4.69) is 36.2 Å². The van der Waals surface area contributed by atoms with Crippen LogP contribution in [0.15, 0.2) is 6.33 Å². The van der Waals surface area contributed by atoms with E-state index in [1.807, 2.05) is 4.68 Å².